The first-order valence-electron chi connectivity index (χ1n) is 9.29. The van der Waals surface area contributed by atoms with Crippen molar-refractivity contribution in [1.29, 1.82) is 5.26 Å². The second-order valence-corrected chi connectivity index (χ2v) is 7.40. The van der Waals surface area contributed by atoms with Crippen LogP contribution in [0.5, 0.6) is 0 Å². The number of fused-ring (bicyclic) bond motifs is 4. The zero-order valence-corrected chi connectivity index (χ0v) is 16.2. The van der Waals surface area contributed by atoms with Crippen molar-refractivity contribution in [3.05, 3.63) is 58.8 Å². The molecule has 3 aromatic heterocycles. The Kier molecular flexibility index (Phi) is 3.68. The van der Waals surface area contributed by atoms with Crippen LogP contribution in [0, 0.1) is 17.1 Å². The largest absolute Gasteiger partial charge is 0.353 e. The number of rotatable bonds is 0. The predicted octanol–water partition coefficient (Wildman–Crippen LogP) is 3.47. The quantitative estimate of drug-likeness (QED) is 0.499. The van der Waals surface area contributed by atoms with Crippen molar-refractivity contribution >= 4 is 17.0 Å². The van der Waals surface area contributed by atoms with Gasteiger partial charge in [-0.15, -0.1) is 0 Å². The number of hydrogen-bond donors (Lipinski definition) is 1. The average molecular weight is 387 g/mol. The van der Waals surface area contributed by atoms with Crippen LogP contribution >= 0.6 is 0 Å². The van der Waals surface area contributed by atoms with Crippen molar-refractivity contribution in [2.45, 2.75) is 19.4 Å². The number of hydrogen-bond acceptors (Lipinski definition) is 5. The number of halogens is 1. The Labute approximate surface area is 166 Å². The monoisotopic (exact) mass is 387 g/mol. The van der Waals surface area contributed by atoms with Gasteiger partial charge in [-0.25, -0.2) is 14.4 Å². The number of aryl methyl sites for hydroxylation is 1. The van der Waals surface area contributed by atoms with Gasteiger partial charge in [-0.1, -0.05) is 13.0 Å². The fraction of sp³-hybridized carbons (Fsp3) is 0.238. The maximum absolute atomic E-state index is 14.1. The lowest BCUT2D eigenvalue weighted by atomic mass is 9.90. The zero-order chi connectivity index (χ0) is 20.3. The Hall–Kier alpha value is -3.73. The Morgan fingerprint density at radius 3 is 2.90 bits per heavy atom. The van der Waals surface area contributed by atoms with Gasteiger partial charge in [-0.2, -0.15) is 10.4 Å². The van der Waals surface area contributed by atoms with E-state index < -0.39 is 0 Å². The predicted molar refractivity (Wildman–Crippen MR) is 107 cm³/mol. The molecule has 8 heteroatoms. The van der Waals surface area contributed by atoms with Crippen molar-refractivity contribution in [3.8, 4) is 17.3 Å². The number of H-pyrrole nitrogens is 1. The van der Waals surface area contributed by atoms with E-state index >= 15 is 0 Å². The second kappa shape index (κ2) is 6.14. The topological polar surface area (TPSA) is 86.4 Å². The highest BCUT2D eigenvalue weighted by Gasteiger charge is 2.26. The molecule has 0 fully saturated rings. The van der Waals surface area contributed by atoms with Crippen molar-refractivity contribution in [2.75, 3.05) is 11.9 Å². The number of aromatic amines is 1. The van der Waals surface area contributed by atoms with Crippen LogP contribution in [0.1, 0.15) is 35.2 Å². The molecule has 5 rings (SSSR count). The van der Waals surface area contributed by atoms with Crippen molar-refractivity contribution in [3.63, 3.8) is 0 Å². The van der Waals surface area contributed by atoms with Crippen LogP contribution in [0.2, 0.25) is 0 Å². The first-order chi connectivity index (χ1) is 14.0. The first kappa shape index (κ1) is 17.4. The minimum Gasteiger partial charge on any atom is -0.353 e. The molecule has 0 spiro atoms. The smallest absolute Gasteiger partial charge is 0.161 e. The van der Waals surface area contributed by atoms with E-state index in [1.54, 1.807) is 24.0 Å². The minimum atomic E-state index is -0.273. The van der Waals surface area contributed by atoms with Gasteiger partial charge in [0.25, 0.3) is 0 Å². The van der Waals surface area contributed by atoms with Crippen LogP contribution < -0.4 is 4.90 Å². The molecule has 1 aromatic carbocycles. The fourth-order valence-electron chi connectivity index (χ4n) is 4.11. The maximum atomic E-state index is 14.1. The van der Waals surface area contributed by atoms with E-state index in [1.807, 2.05) is 31.1 Å². The number of nitriles is 1. The third kappa shape index (κ3) is 2.51. The summed E-state index contributed by atoms with van der Waals surface area (Å²) in [7, 11) is 3.65. The highest BCUT2D eigenvalue weighted by atomic mass is 19.1. The molecule has 144 valence electrons. The summed E-state index contributed by atoms with van der Waals surface area (Å²) >= 11 is 0. The van der Waals surface area contributed by atoms with Crippen LogP contribution in [0.4, 0.5) is 10.2 Å². The molecule has 29 heavy (non-hydrogen) atoms. The van der Waals surface area contributed by atoms with E-state index in [0.29, 0.717) is 40.5 Å². The first-order valence-corrected chi connectivity index (χ1v) is 9.29. The molecular formula is C21H18FN7. The summed E-state index contributed by atoms with van der Waals surface area (Å²) in [5.74, 6) is 0.281. The SMILES string of the molecule is CC1c2cc(F)ccc2CN(C)c2nn(C)c(C#N)c2-c2cnc3[nH]cc1c3n2. The highest BCUT2D eigenvalue weighted by Crippen LogP contribution is 2.37. The molecule has 0 aliphatic carbocycles. The molecule has 0 saturated heterocycles. The molecule has 4 aromatic rings. The van der Waals surface area contributed by atoms with Gasteiger partial charge in [-0.3, -0.25) is 4.68 Å². The Morgan fingerprint density at radius 2 is 2.10 bits per heavy atom. The molecule has 1 atom stereocenters. The van der Waals surface area contributed by atoms with Gasteiger partial charge in [0.2, 0.25) is 0 Å². The molecule has 1 aliphatic heterocycles. The lowest BCUT2D eigenvalue weighted by Gasteiger charge is -2.22. The molecule has 7 nitrogen and oxygen atoms in total. The Bertz CT molecular complexity index is 1310. The van der Waals surface area contributed by atoms with E-state index in [-0.39, 0.29) is 11.7 Å². The number of nitrogens with one attached hydrogen (secondary N) is 1. The van der Waals surface area contributed by atoms with Gasteiger partial charge in [0.15, 0.2) is 11.5 Å². The van der Waals surface area contributed by atoms with Gasteiger partial charge >= 0.3 is 0 Å². The number of nitrogens with zero attached hydrogens (tertiary/aromatic N) is 6. The standard InChI is InChI=1S/C21H18FN7/c1-11-14-6-13(22)5-4-12(14)10-28(2)21-18(17(7-23)29(3)27-21)16-9-25-20-19(26-16)15(11)8-24-20/h4-6,8-9,11H,10H2,1-3H3,(H,24,25). The van der Waals surface area contributed by atoms with Crippen LogP contribution in [0.3, 0.4) is 0 Å². The van der Waals surface area contributed by atoms with Gasteiger partial charge < -0.3 is 9.88 Å². The average Bonchev–Trinajstić information content (AvgIpc) is 3.28. The lowest BCUT2D eigenvalue weighted by molar-refractivity contribution is 0.622. The van der Waals surface area contributed by atoms with Crippen molar-refractivity contribution in [1.82, 2.24) is 24.7 Å². The summed E-state index contributed by atoms with van der Waals surface area (Å²) < 4.78 is 15.7. The number of anilines is 1. The summed E-state index contributed by atoms with van der Waals surface area (Å²) in [4.78, 5) is 14.5. The van der Waals surface area contributed by atoms with Crippen molar-refractivity contribution < 1.29 is 4.39 Å². The molecule has 1 unspecified atom stereocenters. The maximum Gasteiger partial charge on any atom is 0.161 e. The Morgan fingerprint density at radius 1 is 1.28 bits per heavy atom. The van der Waals surface area contributed by atoms with E-state index in [4.69, 9.17) is 4.98 Å². The summed E-state index contributed by atoms with van der Waals surface area (Å²) in [6.07, 6.45) is 3.54. The summed E-state index contributed by atoms with van der Waals surface area (Å²) in [5.41, 5.74) is 5.86. The molecule has 2 bridgehead atoms. The summed E-state index contributed by atoms with van der Waals surface area (Å²) in [6, 6.07) is 7.11. The summed E-state index contributed by atoms with van der Waals surface area (Å²) in [6.45, 7) is 2.56. The normalized spacial score (nSPS) is 15.7. The lowest BCUT2D eigenvalue weighted by Crippen LogP contribution is -2.19. The molecule has 0 saturated carbocycles. The molecule has 1 aliphatic rings. The summed E-state index contributed by atoms with van der Waals surface area (Å²) in [5, 5.41) is 14.3. The van der Waals surface area contributed by atoms with Gasteiger partial charge in [-0.05, 0) is 23.3 Å². The fourth-order valence-corrected chi connectivity index (χ4v) is 4.11. The van der Waals surface area contributed by atoms with Crippen molar-refractivity contribution in [2.24, 2.45) is 7.05 Å². The molecule has 0 radical (unpaired) electrons. The van der Waals surface area contributed by atoms with Gasteiger partial charge in [0, 0.05) is 38.3 Å². The molecular weight excluding hydrogens is 369 g/mol. The molecule has 1 N–H and O–H groups in total. The van der Waals surface area contributed by atoms with E-state index in [9.17, 15) is 9.65 Å². The third-order valence-electron chi connectivity index (χ3n) is 5.61. The van der Waals surface area contributed by atoms with Crippen LogP contribution in [0.25, 0.3) is 22.4 Å². The second-order valence-electron chi connectivity index (χ2n) is 7.40. The highest BCUT2D eigenvalue weighted by molar-refractivity contribution is 5.84. The van der Waals surface area contributed by atoms with Gasteiger partial charge in [0.05, 0.1) is 17.5 Å². The van der Waals surface area contributed by atoms with Gasteiger partial charge in [0.1, 0.15) is 23.1 Å². The van der Waals surface area contributed by atoms with E-state index in [0.717, 1.165) is 16.7 Å². The third-order valence-corrected chi connectivity index (χ3v) is 5.61. The van der Waals surface area contributed by atoms with E-state index in [1.165, 1.54) is 6.07 Å². The number of benzene rings is 1. The van der Waals surface area contributed by atoms with Crippen LogP contribution in [0.15, 0.2) is 30.6 Å². The zero-order valence-electron chi connectivity index (χ0n) is 16.2. The molecule has 4 heterocycles. The molecule has 0 amide bonds. The number of aromatic nitrogens is 5. The van der Waals surface area contributed by atoms with Crippen LogP contribution in [-0.4, -0.2) is 31.8 Å². The minimum absolute atomic E-state index is 0.0839. The van der Waals surface area contributed by atoms with Crippen LogP contribution in [-0.2, 0) is 13.6 Å². The van der Waals surface area contributed by atoms with E-state index in [2.05, 4.69) is 21.1 Å². The Balaban J connectivity index is 1.88.